The molecular formula is C12H11N3O. The second-order valence-electron chi connectivity index (χ2n) is 3.42. The van der Waals surface area contributed by atoms with Gasteiger partial charge in [-0.05, 0) is 24.3 Å². The second-order valence-corrected chi connectivity index (χ2v) is 3.42. The molecule has 4 nitrogen and oxygen atoms in total. The molecule has 0 saturated carbocycles. The van der Waals surface area contributed by atoms with Crippen LogP contribution in [0.15, 0.2) is 36.8 Å². The zero-order valence-corrected chi connectivity index (χ0v) is 8.92. The van der Waals surface area contributed by atoms with Crippen molar-refractivity contribution < 1.29 is 4.74 Å². The van der Waals surface area contributed by atoms with Gasteiger partial charge in [0.15, 0.2) is 0 Å². The van der Waals surface area contributed by atoms with Crippen LogP contribution in [0.5, 0.6) is 5.75 Å². The molecule has 0 atom stereocenters. The second kappa shape index (κ2) is 4.49. The Hall–Kier alpha value is -2.28. The summed E-state index contributed by atoms with van der Waals surface area (Å²) < 4.78 is 7.47. The standard InChI is InChI=1S/C12H11N3O/c1-15-9-14-7-11(15)8-16-12-4-2-10(6-13)3-5-12/h2-5,7,9H,8H2,1H3. The van der Waals surface area contributed by atoms with Crippen molar-refractivity contribution in [2.24, 2.45) is 7.05 Å². The van der Waals surface area contributed by atoms with Gasteiger partial charge >= 0.3 is 0 Å². The van der Waals surface area contributed by atoms with E-state index in [1.165, 1.54) is 0 Å². The van der Waals surface area contributed by atoms with Crippen molar-refractivity contribution in [3.8, 4) is 11.8 Å². The first-order valence-corrected chi connectivity index (χ1v) is 4.88. The first-order valence-electron chi connectivity index (χ1n) is 4.88. The molecule has 0 amide bonds. The minimum absolute atomic E-state index is 0.475. The third kappa shape index (κ3) is 2.20. The molecule has 2 aromatic rings. The Morgan fingerprint density at radius 3 is 2.69 bits per heavy atom. The summed E-state index contributed by atoms with van der Waals surface area (Å²) in [4.78, 5) is 4.00. The van der Waals surface area contributed by atoms with E-state index in [2.05, 4.69) is 11.1 Å². The normalized spacial score (nSPS) is 9.75. The summed E-state index contributed by atoms with van der Waals surface area (Å²) in [5, 5.41) is 8.64. The summed E-state index contributed by atoms with van der Waals surface area (Å²) in [5.41, 5.74) is 1.64. The smallest absolute Gasteiger partial charge is 0.130 e. The van der Waals surface area contributed by atoms with Gasteiger partial charge in [0, 0.05) is 7.05 Å². The number of hydrogen-bond donors (Lipinski definition) is 0. The maximum absolute atomic E-state index is 8.64. The van der Waals surface area contributed by atoms with Crippen molar-refractivity contribution >= 4 is 0 Å². The Morgan fingerprint density at radius 2 is 2.12 bits per heavy atom. The topological polar surface area (TPSA) is 50.8 Å². The van der Waals surface area contributed by atoms with Crippen molar-refractivity contribution in [1.29, 1.82) is 5.26 Å². The number of rotatable bonds is 3. The van der Waals surface area contributed by atoms with E-state index in [1.807, 2.05) is 11.6 Å². The van der Waals surface area contributed by atoms with Crippen molar-refractivity contribution in [2.45, 2.75) is 6.61 Å². The molecule has 4 heteroatoms. The quantitative estimate of drug-likeness (QED) is 0.782. The summed E-state index contributed by atoms with van der Waals surface area (Å²) in [6.07, 6.45) is 3.50. The summed E-state index contributed by atoms with van der Waals surface area (Å²) in [6.45, 7) is 0.475. The zero-order valence-electron chi connectivity index (χ0n) is 8.92. The molecule has 0 spiro atoms. The first-order chi connectivity index (χ1) is 7.79. The number of nitrogens with zero attached hydrogens (tertiary/aromatic N) is 3. The molecule has 0 bridgehead atoms. The van der Waals surface area contributed by atoms with Gasteiger partial charge < -0.3 is 9.30 Å². The molecule has 1 heterocycles. The molecule has 80 valence electrons. The Labute approximate surface area is 93.7 Å². The van der Waals surface area contributed by atoms with Gasteiger partial charge in [0.25, 0.3) is 0 Å². The van der Waals surface area contributed by atoms with Crippen LogP contribution >= 0.6 is 0 Å². The van der Waals surface area contributed by atoms with Gasteiger partial charge in [-0.2, -0.15) is 5.26 Å². The molecule has 0 aliphatic carbocycles. The molecule has 0 saturated heterocycles. The van der Waals surface area contributed by atoms with Crippen LogP contribution in [-0.4, -0.2) is 9.55 Å². The third-order valence-electron chi connectivity index (χ3n) is 2.29. The number of nitriles is 1. The van der Waals surface area contributed by atoms with E-state index >= 15 is 0 Å². The largest absolute Gasteiger partial charge is 0.487 e. The maximum atomic E-state index is 8.64. The fraction of sp³-hybridized carbons (Fsp3) is 0.167. The Morgan fingerprint density at radius 1 is 1.38 bits per heavy atom. The SMILES string of the molecule is Cn1cncc1COc1ccc(C#N)cc1. The van der Waals surface area contributed by atoms with Gasteiger partial charge in [-0.25, -0.2) is 4.98 Å². The molecule has 0 fully saturated rings. The van der Waals surface area contributed by atoms with E-state index < -0.39 is 0 Å². The number of aryl methyl sites for hydroxylation is 1. The Kier molecular flexibility index (Phi) is 2.88. The van der Waals surface area contributed by atoms with Crippen LogP contribution in [0.25, 0.3) is 0 Å². The summed E-state index contributed by atoms with van der Waals surface area (Å²) >= 11 is 0. The van der Waals surface area contributed by atoms with Crippen molar-refractivity contribution in [3.63, 3.8) is 0 Å². The minimum atomic E-state index is 0.475. The molecule has 1 aromatic heterocycles. The molecule has 16 heavy (non-hydrogen) atoms. The minimum Gasteiger partial charge on any atom is -0.487 e. The lowest BCUT2D eigenvalue weighted by atomic mass is 10.2. The van der Waals surface area contributed by atoms with Crippen LogP contribution in [0.4, 0.5) is 0 Å². The lowest BCUT2D eigenvalue weighted by Gasteiger charge is -2.06. The van der Waals surface area contributed by atoms with E-state index in [9.17, 15) is 0 Å². The van der Waals surface area contributed by atoms with Gasteiger partial charge in [-0.15, -0.1) is 0 Å². The highest BCUT2D eigenvalue weighted by atomic mass is 16.5. The van der Waals surface area contributed by atoms with E-state index in [0.29, 0.717) is 12.2 Å². The number of hydrogen-bond acceptors (Lipinski definition) is 3. The van der Waals surface area contributed by atoms with Crippen molar-refractivity contribution in [1.82, 2.24) is 9.55 Å². The number of benzene rings is 1. The highest BCUT2D eigenvalue weighted by Crippen LogP contribution is 2.13. The highest BCUT2D eigenvalue weighted by molar-refractivity contribution is 5.34. The number of imidazole rings is 1. The molecule has 0 aliphatic heterocycles. The van der Waals surface area contributed by atoms with Crippen LogP contribution in [0.2, 0.25) is 0 Å². The highest BCUT2D eigenvalue weighted by Gasteiger charge is 1.99. The molecule has 0 radical (unpaired) electrons. The summed E-state index contributed by atoms with van der Waals surface area (Å²) in [7, 11) is 1.92. The van der Waals surface area contributed by atoms with E-state index in [4.69, 9.17) is 10.00 Å². The summed E-state index contributed by atoms with van der Waals surface area (Å²) in [6, 6.07) is 9.11. The third-order valence-corrected chi connectivity index (χ3v) is 2.29. The monoisotopic (exact) mass is 213 g/mol. The van der Waals surface area contributed by atoms with E-state index in [1.54, 1.807) is 36.8 Å². The molecule has 0 N–H and O–H groups in total. The van der Waals surface area contributed by atoms with Gasteiger partial charge in [-0.1, -0.05) is 0 Å². The first kappa shape index (κ1) is 10.2. The van der Waals surface area contributed by atoms with Crippen LogP contribution < -0.4 is 4.74 Å². The van der Waals surface area contributed by atoms with Gasteiger partial charge in [0.1, 0.15) is 12.4 Å². The fourth-order valence-corrected chi connectivity index (χ4v) is 1.31. The Balaban J connectivity index is 2.00. The molecule has 1 aromatic carbocycles. The van der Waals surface area contributed by atoms with Crippen molar-refractivity contribution in [3.05, 3.63) is 48.0 Å². The average Bonchev–Trinajstić information content (AvgIpc) is 2.73. The predicted octanol–water partition coefficient (Wildman–Crippen LogP) is 1.87. The lowest BCUT2D eigenvalue weighted by molar-refractivity contribution is 0.297. The molecule has 0 unspecified atom stereocenters. The van der Waals surface area contributed by atoms with E-state index in [0.717, 1.165) is 11.4 Å². The molecule has 2 rings (SSSR count). The number of ether oxygens (including phenoxy) is 1. The van der Waals surface area contributed by atoms with Gasteiger partial charge in [0.2, 0.25) is 0 Å². The summed E-state index contributed by atoms with van der Waals surface area (Å²) in [5.74, 6) is 0.750. The molecule has 0 aliphatic rings. The zero-order chi connectivity index (χ0) is 11.4. The van der Waals surface area contributed by atoms with Crippen LogP contribution in [-0.2, 0) is 13.7 Å². The maximum Gasteiger partial charge on any atom is 0.130 e. The fourth-order valence-electron chi connectivity index (χ4n) is 1.31. The van der Waals surface area contributed by atoms with Crippen LogP contribution in [0, 0.1) is 11.3 Å². The van der Waals surface area contributed by atoms with E-state index in [-0.39, 0.29) is 0 Å². The lowest BCUT2D eigenvalue weighted by Crippen LogP contribution is -2.00. The van der Waals surface area contributed by atoms with Gasteiger partial charge in [-0.3, -0.25) is 0 Å². The van der Waals surface area contributed by atoms with Gasteiger partial charge in [0.05, 0.1) is 29.9 Å². The Bertz CT molecular complexity index is 508. The number of aromatic nitrogens is 2. The average molecular weight is 213 g/mol. The van der Waals surface area contributed by atoms with Crippen LogP contribution in [0.1, 0.15) is 11.3 Å². The predicted molar refractivity (Wildman–Crippen MR) is 58.7 cm³/mol. The van der Waals surface area contributed by atoms with Crippen LogP contribution in [0.3, 0.4) is 0 Å². The molecular weight excluding hydrogens is 202 g/mol. The van der Waals surface area contributed by atoms with Crippen molar-refractivity contribution in [2.75, 3.05) is 0 Å².